The van der Waals surface area contributed by atoms with Gasteiger partial charge in [-0.2, -0.15) is 0 Å². The van der Waals surface area contributed by atoms with Gasteiger partial charge < -0.3 is 9.73 Å². The molecule has 92 valence electrons. The van der Waals surface area contributed by atoms with E-state index < -0.39 is 0 Å². The number of rotatable bonds is 4. The molecular weight excluding hydrogens is 277 g/mol. The van der Waals surface area contributed by atoms with Crippen molar-refractivity contribution in [3.63, 3.8) is 0 Å². The van der Waals surface area contributed by atoms with Crippen molar-refractivity contribution in [3.8, 4) is 0 Å². The van der Waals surface area contributed by atoms with Crippen LogP contribution < -0.4 is 5.32 Å². The standard InChI is InChI=1S/C12H13Cl2NOS/c1-7(9-6-11(13)17-12(9)14)15-8(2)10-4-3-5-16-10/h3-8,15H,1-2H3/t7?,8-/m1/s1. The third-order valence-corrected chi connectivity index (χ3v) is 4.14. The first kappa shape index (κ1) is 13.0. The first-order valence-electron chi connectivity index (χ1n) is 5.32. The van der Waals surface area contributed by atoms with E-state index >= 15 is 0 Å². The Kier molecular flexibility index (Phi) is 4.15. The van der Waals surface area contributed by atoms with Gasteiger partial charge in [0.15, 0.2) is 0 Å². The fraction of sp³-hybridized carbons (Fsp3) is 0.333. The summed E-state index contributed by atoms with van der Waals surface area (Å²) in [6.45, 7) is 4.11. The average Bonchev–Trinajstić information content (AvgIpc) is 2.87. The van der Waals surface area contributed by atoms with Crippen molar-refractivity contribution in [1.29, 1.82) is 0 Å². The van der Waals surface area contributed by atoms with E-state index in [1.54, 1.807) is 6.26 Å². The monoisotopic (exact) mass is 289 g/mol. The predicted molar refractivity (Wildman–Crippen MR) is 73.0 cm³/mol. The van der Waals surface area contributed by atoms with Gasteiger partial charge in [-0.25, -0.2) is 0 Å². The molecule has 2 aromatic rings. The van der Waals surface area contributed by atoms with Gasteiger partial charge in [-0.15, -0.1) is 11.3 Å². The number of hydrogen-bond acceptors (Lipinski definition) is 3. The van der Waals surface area contributed by atoms with Crippen LogP contribution in [0.25, 0.3) is 0 Å². The van der Waals surface area contributed by atoms with E-state index in [2.05, 4.69) is 19.2 Å². The van der Waals surface area contributed by atoms with E-state index in [0.717, 1.165) is 15.7 Å². The third kappa shape index (κ3) is 3.05. The Morgan fingerprint density at radius 1 is 1.29 bits per heavy atom. The second-order valence-electron chi connectivity index (χ2n) is 3.91. The second-order valence-corrected chi connectivity index (χ2v) is 6.19. The van der Waals surface area contributed by atoms with Crippen LogP contribution >= 0.6 is 34.5 Å². The summed E-state index contributed by atoms with van der Waals surface area (Å²) in [6, 6.07) is 6.00. The van der Waals surface area contributed by atoms with Gasteiger partial charge in [-0.1, -0.05) is 23.2 Å². The van der Waals surface area contributed by atoms with Crippen molar-refractivity contribution in [3.05, 3.63) is 44.5 Å². The van der Waals surface area contributed by atoms with Gasteiger partial charge in [0.05, 0.1) is 21.0 Å². The van der Waals surface area contributed by atoms with Crippen molar-refractivity contribution in [2.24, 2.45) is 0 Å². The molecule has 0 spiro atoms. The molecule has 2 nitrogen and oxygen atoms in total. The van der Waals surface area contributed by atoms with Crippen LogP contribution in [0.2, 0.25) is 8.67 Å². The summed E-state index contributed by atoms with van der Waals surface area (Å²) in [5, 5.41) is 3.42. The molecule has 2 atom stereocenters. The molecule has 1 unspecified atom stereocenters. The molecule has 2 rings (SSSR count). The minimum atomic E-state index is 0.131. The topological polar surface area (TPSA) is 25.2 Å². The Morgan fingerprint density at radius 2 is 2.06 bits per heavy atom. The Balaban J connectivity index is 2.06. The first-order chi connectivity index (χ1) is 8.08. The van der Waals surface area contributed by atoms with Gasteiger partial charge in [-0.05, 0) is 37.6 Å². The number of furan rings is 1. The summed E-state index contributed by atoms with van der Waals surface area (Å²) in [5.41, 5.74) is 1.03. The van der Waals surface area contributed by atoms with E-state index in [1.807, 2.05) is 18.2 Å². The highest BCUT2D eigenvalue weighted by atomic mass is 35.5. The summed E-state index contributed by atoms with van der Waals surface area (Å²) in [5.74, 6) is 0.911. The normalized spacial score (nSPS) is 14.8. The lowest BCUT2D eigenvalue weighted by molar-refractivity contribution is 0.403. The lowest BCUT2D eigenvalue weighted by Gasteiger charge is -2.18. The summed E-state index contributed by atoms with van der Waals surface area (Å²) in [4.78, 5) is 0. The van der Waals surface area contributed by atoms with Crippen LogP contribution in [0.15, 0.2) is 28.9 Å². The van der Waals surface area contributed by atoms with Gasteiger partial charge in [0, 0.05) is 6.04 Å². The van der Waals surface area contributed by atoms with Gasteiger partial charge in [-0.3, -0.25) is 0 Å². The van der Waals surface area contributed by atoms with Gasteiger partial charge in [0.25, 0.3) is 0 Å². The van der Waals surface area contributed by atoms with E-state index in [1.165, 1.54) is 11.3 Å². The molecule has 2 heterocycles. The zero-order chi connectivity index (χ0) is 12.4. The molecule has 0 saturated heterocycles. The maximum atomic E-state index is 6.12. The van der Waals surface area contributed by atoms with Gasteiger partial charge in [0.1, 0.15) is 5.76 Å². The lowest BCUT2D eigenvalue weighted by atomic mass is 10.1. The SMILES string of the molecule is CC(N[C@H](C)c1ccco1)c1cc(Cl)sc1Cl. The minimum Gasteiger partial charge on any atom is -0.468 e. The van der Waals surface area contributed by atoms with Crippen LogP contribution in [0.4, 0.5) is 0 Å². The van der Waals surface area contributed by atoms with Crippen molar-refractivity contribution < 1.29 is 4.42 Å². The first-order valence-corrected chi connectivity index (χ1v) is 6.89. The summed E-state index contributed by atoms with van der Waals surface area (Å²) < 4.78 is 6.80. The maximum absolute atomic E-state index is 6.12. The van der Waals surface area contributed by atoms with E-state index in [0.29, 0.717) is 4.34 Å². The number of nitrogens with one attached hydrogen (secondary N) is 1. The van der Waals surface area contributed by atoms with Crippen LogP contribution in [0.5, 0.6) is 0 Å². The number of halogens is 2. The van der Waals surface area contributed by atoms with Crippen molar-refractivity contribution in [2.45, 2.75) is 25.9 Å². The Bertz CT molecular complexity index is 481. The zero-order valence-electron chi connectivity index (χ0n) is 9.54. The molecule has 2 aromatic heterocycles. The third-order valence-electron chi connectivity index (χ3n) is 2.62. The lowest BCUT2D eigenvalue weighted by Crippen LogP contribution is -2.21. The predicted octanol–water partition coefficient (Wildman–Crippen LogP) is 5.06. The van der Waals surface area contributed by atoms with E-state index in [4.69, 9.17) is 27.6 Å². The van der Waals surface area contributed by atoms with Crippen molar-refractivity contribution in [1.82, 2.24) is 5.32 Å². The van der Waals surface area contributed by atoms with Crippen molar-refractivity contribution >= 4 is 34.5 Å². The van der Waals surface area contributed by atoms with Crippen LogP contribution in [0.1, 0.15) is 37.3 Å². The van der Waals surface area contributed by atoms with E-state index in [-0.39, 0.29) is 12.1 Å². The number of thiophene rings is 1. The smallest absolute Gasteiger partial charge is 0.120 e. The highest BCUT2D eigenvalue weighted by Gasteiger charge is 2.17. The summed E-state index contributed by atoms with van der Waals surface area (Å²) >= 11 is 13.4. The summed E-state index contributed by atoms with van der Waals surface area (Å²) in [6.07, 6.45) is 1.67. The van der Waals surface area contributed by atoms with E-state index in [9.17, 15) is 0 Å². The number of hydrogen-bond donors (Lipinski definition) is 1. The maximum Gasteiger partial charge on any atom is 0.120 e. The largest absolute Gasteiger partial charge is 0.468 e. The molecule has 17 heavy (non-hydrogen) atoms. The molecule has 0 amide bonds. The second kappa shape index (κ2) is 5.44. The molecule has 0 bridgehead atoms. The van der Waals surface area contributed by atoms with Crippen molar-refractivity contribution in [2.75, 3.05) is 0 Å². The summed E-state index contributed by atoms with van der Waals surface area (Å²) in [7, 11) is 0. The Hall–Kier alpha value is -0.480. The van der Waals surface area contributed by atoms with Crippen LogP contribution in [0.3, 0.4) is 0 Å². The molecule has 0 radical (unpaired) electrons. The molecule has 0 aliphatic rings. The highest BCUT2D eigenvalue weighted by Crippen LogP contribution is 2.35. The fourth-order valence-corrected chi connectivity index (χ4v) is 3.38. The molecule has 5 heteroatoms. The Morgan fingerprint density at radius 3 is 2.59 bits per heavy atom. The highest BCUT2D eigenvalue weighted by molar-refractivity contribution is 7.20. The van der Waals surface area contributed by atoms with Gasteiger partial charge in [0.2, 0.25) is 0 Å². The minimum absolute atomic E-state index is 0.131. The molecular formula is C12H13Cl2NOS. The molecule has 0 aliphatic heterocycles. The fourth-order valence-electron chi connectivity index (χ4n) is 1.73. The van der Waals surface area contributed by atoms with Crippen LogP contribution in [-0.4, -0.2) is 0 Å². The molecule has 0 saturated carbocycles. The zero-order valence-corrected chi connectivity index (χ0v) is 11.9. The Labute approximate surface area is 115 Å². The van der Waals surface area contributed by atoms with Crippen LogP contribution in [-0.2, 0) is 0 Å². The molecule has 0 aromatic carbocycles. The molecule has 0 fully saturated rings. The van der Waals surface area contributed by atoms with Gasteiger partial charge >= 0.3 is 0 Å². The molecule has 1 N–H and O–H groups in total. The van der Waals surface area contributed by atoms with Crippen LogP contribution in [0, 0.1) is 0 Å². The average molecular weight is 290 g/mol. The molecule has 0 aliphatic carbocycles. The quantitative estimate of drug-likeness (QED) is 0.851.